The Kier molecular flexibility index (Phi) is 3.88. The highest BCUT2D eigenvalue weighted by Gasteiger charge is 2.06. The van der Waals surface area contributed by atoms with Gasteiger partial charge < -0.3 is 4.74 Å². The molecule has 0 unspecified atom stereocenters. The van der Waals surface area contributed by atoms with Gasteiger partial charge in [-0.25, -0.2) is 0 Å². The Morgan fingerprint density at radius 3 is 2.61 bits per heavy atom. The summed E-state index contributed by atoms with van der Waals surface area (Å²) in [5, 5.41) is 11.5. The van der Waals surface area contributed by atoms with Crippen molar-refractivity contribution < 1.29 is 9.53 Å². The minimum atomic E-state index is -0.244. The number of ether oxygens (including phenoxy) is 1. The average Bonchev–Trinajstić information content (AvgIpc) is 2.74. The third-order valence-corrected chi connectivity index (χ3v) is 2.92. The third kappa shape index (κ3) is 3.53. The molecule has 1 heterocycles. The van der Waals surface area contributed by atoms with Crippen LogP contribution in [0.5, 0.6) is 5.75 Å². The fourth-order valence-electron chi connectivity index (χ4n) is 1.29. The number of nitrogens with one attached hydrogen (secondary N) is 1. The smallest absolute Gasteiger partial charge is 0.264 e. The zero-order chi connectivity index (χ0) is 13.0. The Balaban J connectivity index is 1.83. The van der Waals surface area contributed by atoms with Crippen molar-refractivity contribution in [2.75, 3.05) is 11.9 Å². The maximum atomic E-state index is 11.6. The minimum absolute atomic E-state index is 0.0400. The van der Waals surface area contributed by atoms with Gasteiger partial charge in [-0.2, -0.15) is 0 Å². The highest BCUT2D eigenvalue weighted by Crippen LogP contribution is 2.14. The summed E-state index contributed by atoms with van der Waals surface area (Å²) in [6.07, 6.45) is 0. The maximum absolute atomic E-state index is 11.6. The number of amides is 1. The molecule has 0 saturated carbocycles. The molecule has 94 valence electrons. The fraction of sp³-hybridized carbons (Fsp3) is 0.250. The van der Waals surface area contributed by atoms with Gasteiger partial charge in [0.25, 0.3) is 5.91 Å². The molecule has 0 bridgehead atoms. The van der Waals surface area contributed by atoms with Crippen LogP contribution in [-0.4, -0.2) is 22.7 Å². The molecule has 0 aliphatic carbocycles. The standard InChI is InChI=1S/C12H13N3O2S/c1-8-3-5-10(6-4-8)17-7-11(16)13-12-15-14-9(2)18-12/h3-6H,7H2,1-2H3,(H,13,15,16). The van der Waals surface area contributed by atoms with Crippen molar-refractivity contribution in [2.45, 2.75) is 13.8 Å². The van der Waals surface area contributed by atoms with Gasteiger partial charge in [-0.05, 0) is 26.0 Å². The van der Waals surface area contributed by atoms with Gasteiger partial charge in [0, 0.05) is 0 Å². The Labute approximate surface area is 109 Å². The summed E-state index contributed by atoms with van der Waals surface area (Å²) in [5.41, 5.74) is 1.15. The lowest BCUT2D eigenvalue weighted by Gasteiger charge is -2.05. The van der Waals surface area contributed by atoms with Gasteiger partial charge in [-0.1, -0.05) is 29.0 Å². The van der Waals surface area contributed by atoms with Crippen LogP contribution in [0.25, 0.3) is 0 Å². The number of carbonyl (C=O) groups excluding carboxylic acids is 1. The molecule has 2 rings (SSSR count). The predicted molar refractivity (Wildman–Crippen MR) is 69.9 cm³/mol. The second-order valence-corrected chi connectivity index (χ2v) is 4.96. The van der Waals surface area contributed by atoms with Crippen molar-refractivity contribution in [1.82, 2.24) is 10.2 Å². The van der Waals surface area contributed by atoms with E-state index in [0.717, 1.165) is 10.6 Å². The zero-order valence-electron chi connectivity index (χ0n) is 10.1. The van der Waals surface area contributed by atoms with Gasteiger partial charge in [-0.15, -0.1) is 10.2 Å². The Morgan fingerprint density at radius 1 is 1.28 bits per heavy atom. The number of hydrogen-bond acceptors (Lipinski definition) is 5. The van der Waals surface area contributed by atoms with E-state index >= 15 is 0 Å². The van der Waals surface area contributed by atoms with E-state index in [-0.39, 0.29) is 12.5 Å². The second kappa shape index (κ2) is 5.59. The summed E-state index contributed by atoms with van der Waals surface area (Å²) < 4.78 is 5.35. The average molecular weight is 263 g/mol. The van der Waals surface area contributed by atoms with Crippen LogP contribution in [0.3, 0.4) is 0 Å². The van der Waals surface area contributed by atoms with Crippen molar-refractivity contribution in [3.8, 4) is 5.75 Å². The number of carbonyl (C=O) groups is 1. The zero-order valence-corrected chi connectivity index (χ0v) is 11.0. The van der Waals surface area contributed by atoms with E-state index in [2.05, 4.69) is 15.5 Å². The first-order valence-electron chi connectivity index (χ1n) is 5.43. The highest BCUT2D eigenvalue weighted by molar-refractivity contribution is 7.15. The lowest BCUT2D eigenvalue weighted by Crippen LogP contribution is -2.20. The molecule has 1 aromatic heterocycles. The minimum Gasteiger partial charge on any atom is -0.484 e. The topological polar surface area (TPSA) is 64.1 Å². The Bertz CT molecular complexity index is 537. The monoisotopic (exact) mass is 263 g/mol. The first-order valence-corrected chi connectivity index (χ1v) is 6.24. The predicted octanol–water partition coefficient (Wildman–Crippen LogP) is 2.17. The van der Waals surface area contributed by atoms with Crippen LogP contribution in [0, 0.1) is 13.8 Å². The molecule has 0 radical (unpaired) electrons. The van der Waals surface area contributed by atoms with Crippen LogP contribution in [0.15, 0.2) is 24.3 Å². The SMILES string of the molecule is Cc1ccc(OCC(=O)Nc2nnc(C)s2)cc1. The van der Waals surface area contributed by atoms with Crippen molar-refractivity contribution in [2.24, 2.45) is 0 Å². The number of aromatic nitrogens is 2. The summed E-state index contributed by atoms with van der Waals surface area (Å²) in [4.78, 5) is 11.6. The van der Waals surface area contributed by atoms with E-state index in [1.165, 1.54) is 11.3 Å². The first-order chi connectivity index (χ1) is 8.63. The fourth-order valence-corrected chi connectivity index (χ4v) is 1.89. The van der Waals surface area contributed by atoms with Crippen molar-refractivity contribution in [1.29, 1.82) is 0 Å². The van der Waals surface area contributed by atoms with E-state index in [1.54, 1.807) is 0 Å². The van der Waals surface area contributed by atoms with E-state index in [0.29, 0.717) is 10.9 Å². The first kappa shape index (κ1) is 12.5. The van der Waals surface area contributed by atoms with Gasteiger partial charge in [0.15, 0.2) is 6.61 Å². The lowest BCUT2D eigenvalue weighted by molar-refractivity contribution is -0.118. The summed E-state index contributed by atoms with van der Waals surface area (Å²) in [5.74, 6) is 0.427. The Morgan fingerprint density at radius 2 is 2.00 bits per heavy atom. The molecule has 6 heteroatoms. The molecule has 0 saturated heterocycles. The summed E-state index contributed by atoms with van der Waals surface area (Å²) in [6, 6.07) is 7.53. The number of nitrogens with zero attached hydrogens (tertiary/aromatic N) is 2. The molecule has 1 amide bonds. The quantitative estimate of drug-likeness (QED) is 0.918. The van der Waals surface area contributed by atoms with Gasteiger partial charge >= 0.3 is 0 Å². The van der Waals surface area contributed by atoms with Crippen LogP contribution in [-0.2, 0) is 4.79 Å². The number of rotatable bonds is 4. The number of aryl methyl sites for hydroxylation is 2. The van der Waals surface area contributed by atoms with Crippen molar-refractivity contribution in [3.63, 3.8) is 0 Å². The molecule has 5 nitrogen and oxygen atoms in total. The molecule has 0 spiro atoms. The molecule has 0 atom stereocenters. The molecule has 0 fully saturated rings. The van der Waals surface area contributed by atoms with Crippen LogP contribution in [0.4, 0.5) is 5.13 Å². The van der Waals surface area contributed by atoms with Crippen LogP contribution >= 0.6 is 11.3 Å². The van der Waals surface area contributed by atoms with E-state index in [4.69, 9.17) is 4.74 Å². The van der Waals surface area contributed by atoms with Gasteiger partial charge in [0.1, 0.15) is 10.8 Å². The maximum Gasteiger partial charge on any atom is 0.264 e. The second-order valence-electron chi connectivity index (χ2n) is 3.78. The van der Waals surface area contributed by atoms with Crippen molar-refractivity contribution >= 4 is 22.4 Å². The summed E-state index contributed by atoms with van der Waals surface area (Å²) in [6.45, 7) is 3.78. The normalized spacial score (nSPS) is 10.1. The van der Waals surface area contributed by atoms with Gasteiger partial charge in [0.05, 0.1) is 0 Å². The van der Waals surface area contributed by atoms with E-state index < -0.39 is 0 Å². The largest absolute Gasteiger partial charge is 0.484 e. The highest BCUT2D eigenvalue weighted by atomic mass is 32.1. The van der Waals surface area contributed by atoms with Gasteiger partial charge in [-0.3, -0.25) is 10.1 Å². The summed E-state index contributed by atoms with van der Waals surface area (Å²) >= 11 is 1.33. The third-order valence-electron chi connectivity index (χ3n) is 2.16. The van der Waals surface area contributed by atoms with Crippen LogP contribution < -0.4 is 10.1 Å². The molecule has 0 aliphatic rings. The van der Waals surface area contributed by atoms with E-state index in [9.17, 15) is 4.79 Å². The summed E-state index contributed by atoms with van der Waals surface area (Å²) in [7, 11) is 0. The molecule has 2 aromatic rings. The molecular weight excluding hydrogens is 250 g/mol. The molecule has 18 heavy (non-hydrogen) atoms. The van der Waals surface area contributed by atoms with Gasteiger partial charge in [0.2, 0.25) is 5.13 Å². The number of hydrogen-bond donors (Lipinski definition) is 1. The number of anilines is 1. The van der Waals surface area contributed by atoms with Crippen LogP contribution in [0.1, 0.15) is 10.6 Å². The molecule has 1 aromatic carbocycles. The van der Waals surface area contributed by atoms with Crippen molar-refractivity contribution in [3.05, 3.63) is 34.8 Å². The molecule has 1 N–H and O–H groups in total. The number of benzene rings is 1. The molecule has 0 aliphatic heterocycles. The molecular formula is C12H13N3O2S. The van der Waals surface area contributed by atoms with Crippen LogP contribution in [0.2, 0.25) is 0 Å². The lowest BCUT2D eigenvalue weighted by atomic mass is 10.2. The Hall–Kier alpha value is -1.95. The van der Waals surface area contributed by atoms with E-state index in [1.807, 2.05) is 38.1 Å².